The SMILES string of the molecule is N#CCNC(=O)CN=C(N)Nc1ccc2c(c1)OCCCO2. The van der Waals surface area contributed by atoms with Gasteiger partial charge < -0.3 is 25.8 Å². The first kappa shape index (κ1) is 15.4. The van der Waals surface area contributed by atoms with E-state index in [1.54, 1.807) is 18.2 Å². The molecule has 8 nitrogen and oxygen atoms in total. The summed E-state index contributed by atoms with van der Waals surface area (Å²) in [5.41, 5.74) is 6.39. The Kier molecular flexibility index (Phi) is 5.43. The van der Waals surface area contributed by atoms with Crippen LogP contribution in [-0.4, -0.2) is 38.2 Å². The van der Waals surface area contributed by atoms with Crippen molar-refractivity contribution in [2.24, 2.45) is 10.7 Å². The number of fused-ring (bicyclic) bond motifs is 1. The smallest absolute Gasteiger partial charge is 0.242 e. The van der Waals surface area contributed by atoms with Crippen molar-refractivity contribution in [2.45, 2.75) is 6.42 Å². The number of ether oxygens (including phenoxy) is 2. The molecule has 0 fully saturated rings. The third kappa shape index (κ3) is 4.56. The largest absolute Gasteiger partial charge is 0.490 e. The Labute approximate surface area is 127 Å². The highest BCUT2D eigenvalue weighted by Crippen LogP contribution is 2.32. The molecule has 22 heavy (non-hydrogen) atoms. The summed E-state index contributed by atoms with van der Waals surface area (Å²) in [5, 5.41) is 13.6. The molecule has 116 valence electrons. The molecule has 4 N–H and O–H groups in total. The molecule has 0 unspecified atom stereocenters. The van der Waals surface area contributed by atoms with Crippen molar-refractivity contribution < 1.29 is 14.3 Å². The third-order valence-corrected chi connectivity index (χ3v) is 2.78. The molecule has 1 heterocycles. The zero-order chi connectivity index (χ0) is 15.8. The highest BCUT2D eigenvalue weighted by atomic mass is 16.5. The normalized spacial score (nSPS) is 13.7. The van der Waals surface area contributed by atoms with Gasteiger partial charge in [0.25, 0.3) is 0 Å². The van der Waals surface area contributed by atoms with Crippen LogP contribution in [0.25, 0.3) is 0 Å². The quantitative estimate of drug-likeness (QED) is 0.415. The highest BCUT2D eigenvalue weighted by Gasteiger charge is 2.10. The van der Waals surface area contributed by atoms with E-state index in [0.29, 0.717) is 30.4 Å². The van der Waals surface area contributed by atoms with E-state index >= 15 is 0 Å². The number of nitrogens with one attached hydrogen (secondary N) is 2. The van der Waals surface area contributed by atoms with Crippen molar-refractivity contribution in [1.29, 1.82) is 5.26 Å². The minimum absolute atomic E-state index is 0.0517. The summed E-state index contributed by atoms with van der Waals surface area (Å²) in [4.78, 5) is 15.2. The van der Waals surface area contributed by atoms with Crippen LogP contribution in [0.3, 0.4) is 0 Å². The first-order valence-electron chi connectivity index (χ1n) is 6.79. The molecule has 8 heteroatoms. The standard InChI is InChI=1S/C14H17N5O3/c15-4-5-17-13(20)9-18-14(16)19-10-2-3-11-12(8-10)22-7-1-6-21-11/h2-3,8H,1,5-7,9H2,(H,17,20)(H3,16,18,19). The molecule has 1 amide bonds. The monoisotopic (exact) mass is 303 g/mol. The third-order valence-electron chi connectivity index (χ3n) is 2.78. The van der Waals surface area contributed by atoms with Gasteiger partial charge in [0.1, 0.15) is 13.1 Å². The van der Waals surface area contributed by atoms with Gasteiger partial charge in [-0.15, -0.1) is 0 Å². The van der Waals surface area contributed by atoms with Crippen LogP contribution in [0.1, 0.15) is 6.42 Å². The summed E-state index contributed by atoms with van der Waals surface area (Å²) >= 11 is 0. The lowest BCUT2D eigenvalue weighted by Gasteiger charge is -2.10. The van der Waals surface area contributed by atoms with Crippen molar-refractivity contribution in [2.75, 3.05) is 31.6 Å². The van der Waals surface area contributed by atoms with Gasteiger partial charge in [0, 0.05) is 18.2 Å². The average molecular weight is 303 g/mol. The molecular weight excluding hydrogens is 286 g/mol. The van der Waals surface area contributed by atoms with Gasteiger partial charge in [0.15, 0.2) is 17.5 Å². The summed E-state index contributed by atoms with van der Waals surface area (Å²) in [6.45, 7) is 1.02. The maximum Gasteiger partial charge on any atom is 0.242 e. The number of amides is 1. The van der Waals surface area contributed by atoms with Crippen molar-refractivity contribution in [1.82, 2.24) is 5.32 Å². The molecule has 0 spiro atoms. The Bertz CT molecular complexity index is 609. The summed E-state index contributed by atoms with van der Waals surface area (Å²) in [5.74, 6) is 1.06. The number of carbonyl (C=O) groups is 1. The lowest BCUT2D eigenvalue weighted by atomic mass is 10.3. The molecule has 0 bridgehead atoms. The van der Waals surface area contributed by atoms with Crippen LogP contribution in [0.4, 0.5) is 5.69 Å². The van der Waals surface area contributed by atoms with E-state index in [4.69, 9.17) is 20.5 Å². The Balaban J connectivity index is 1.94. The molecule has 0 aromatic heterocycles. The fourth-order valence-electron chi connectivity index (χ4n) is 1.78. The number of nitrogens with two attached hydrogens (primary N) is 1. The number of benzene rings is 1. The van der Waals surface area contributed by atoms with E-state index in [1.807, 2.05) is 6.07 Å². The fraction of sp³-hybridized carbons (Fsp3) is 0.357. The minimum Gasteiger partial charge on any atom is -0.490 e. The first-order valence-corrected chi connectivity index (χ1v) is 6.79. The summed E-state index contributed by atoms with van der Waals surface area (Å²) < 4.78 is 11.1. The van der Waals surface area contributed by atoms with E-state index in [-0.39, 0.29) is 25.0 Å². The maximum absolute atomic E-state index is 11.3. The number of carbonyl (C=O) groups excluding carboxylic acids is 1. The molecule has 0 aliphatic carbocycles. The molecule has 0 radical (unpaired) electrons. The van der Waals surface area contributed by atoms with Crippen LogP contribution in [0.2, 0.25) is 0 Å². The van der Waals surface area contributed by atoms with E-state index in [9.17, 15) is 4.79 Å². The second kappa shape index (κ2) is 7.73. The van der Waals surface area contributed by atoms with Crippen molar-refractivity contribution in [3.05, 3.63) is 18.2 Å². The Morgan fingerprint density at radius 1 is 1.36 bits per heavy atom. The molecule has 0 saturated carbocycles. The molecule has 1 aliphatic rings. The van der Waals surface area contributed by atoms with Crippen LogP contribution in [0, 0.1) is 11.3 Å². The molecule has 2 rings (SSSR count). The average Bonchev–Trinajstić information content (AvgIpc) is 2.75. The van der Waals surface area contributed by atoms with Gasteiger partial charge >= 0.3 is 0 Å². The molecular formula is C14H17N5O3. The van der Waals surface area contributed by atoms with E-state index in [0.717, 1.165) is 6.42 Å². The highest BCUT2D eigenvalue weighted by molar-refractivity contribution is 5.94. The number of nitriles is 1. The van der Waals surface area contributed by atoms with E-state index in [1.165, 1.54) is 0 Å². The zero-order valence-corrected chi connectivity index (χ0v) is 12.0. The number of rotatable bonds is 4. The first-order chi connectivity index (χ1) is 10.7. The zero-order valence-electron chi connectivity index (χ0n) is 12.0. The summed E-state index contributed by atoms with van der Waals surface area (Å²) in [7, 11) is 0. The molecule has 0 atom stereocenters. The van der Waals surface area contributed by atoms with Crippen LogP contribution >= 0.6 is 0 Å². The molecule has 0 saturated heterocycles. The van der Waals surface area contributed by atoms with Gasteiger partial charge in [0.2, 0.25) is 5.91 Å². The van der Waals surface area contributed by atoms with Crippen molar-refractivity contribution in [3.63, 3.8) is 0 Å². The molecule has 1 aromatic carbocycles. The van der Waals surface area contributed by atoms with E-state index < -0.39 is 0 Å². The van der Waals surface area contributed by atoms with Gasteiger partial charge in [-0.05, 0) is 12.1 Å². The second-order valence-electron chi connectivity index (χ2n) is 4.47. The van der Waals surface area contributed by atoms with Crippen molar-refractivity contribution in [3.8, 4) is 17.6 Å². The lowest BCUT2D eigenvalue weighted by molar-refractivity contribution is -0.119. The van der Waals surface area contributed by atoms with Gasteiger partial charge in [-0.25, -0.2) is 4.99 Å². The number of hydrogen-bond acceptors (Lipinski definition) is 5. The van der Waals surface area contributed by atoms with Gasteiger partial charge in [-0.3, -0.25) is 4.79 Å². The Morgan fingerprint density at radius 2 is 2.14 bits per heavy atom. The number of hydrogen-bond donors (Lipinski definition) is 3. The fourth-order valence-corrected chi connectivity index (χ4v) is 1.78. The topological polar surface area (TPSA) is 122 Å². The number of nitrogens with zero attached hydrogens (tertiary/aromatic N) is 2. The van der Waals surface area contributed by atoms with Crippen LogP contribution in [-0.2, 0) is 4.79 Å². The van der Waals surface area contributed by atoms with Crippen LogP contribution < -0.4 is 25.8 Å². The number of guanidine groups is 1. The maximum atomic E-state index is 11.3. The van der Waals surface area contributed by atoms with Gasteiger partial charge in [0.05, 0.1) is 19.3 Å². The predicted molar refractivity (Wildman–Crippen MR) is 80.8 cm³/mol. The van der Waals surface area contributed by atoms with Crippen LogP contribution in [0.5, 0.6) is 11.5 Å². The van der Waals surface area contributed by atoms with E-state index in [2.05, 4.69) is 15.6 Å². The Morgan fingerprint density at radius 3 is 2.91 bits per heavy atom. The van der Waals surface area contributed by atoms with Crippen molar-refractivity contribution >= 4 is 17.6 Å². The summed E-state index contributed by atoms with van der Waals surface area (Å²) in [6, 6.07) is 7.14. The minimum atomic E-state index is -0.370. The lowest BCUT2D eigenvalue weighted by Crippen LogP contribution is -2.29. The summed E-state index contributed by atoms with van der Waals surface area (Å²) in [6.07, 6.45) is 0.832. The van der Waals surface area contributed by atoms with Gasteiger partial charge in [-0.2, -0.15) is 5.26 Å². The molecule has 1 aliphatic heterocycles. The van der Waals surface area contributed by atoms with Crippen LogP contribution in [0.15, 0.2) is 23.2 Å². The predicted octanol–water partition coefficient (Wildman–Crippen LogP) is 0.214. The Hall–Kier alpha value is -2.95. The number of aliphatic imine (C=N–C) groups is 1. The van der Waals surface area contributed by atoms with Gasteiger partial charge in [-0.1, -0.05) is 0 Å². The molecule has 1 aromatic rings. The second-order valence-corrected chi connectivity index (χ2v) is 4.47. The number of anilines is 1.